The van der Waals surface area contributed by atoms with Crippen molar-refractivity contribution in [3.05, 3.63) is 53.9 Å². The van der Waals surface area contributed by atoms with E-state index in [1.807, 2.05) is 16.9 Å². The Morgan fingerprint density at radius 3 is 2.68 bits per heavy atom. The second-order valence-corrected chi connectivity index (χ2v) is 7.13. The standard InChI is InChI=1S/C18H26N4/c1-18(2)14-21(9-8-17(18)19)11-16-10-20-22(13-16)12-15-6-4-3-5-7-15/h3-7,10,13,17H,8-9,11-12,14,19H2,1-2H3. The fraction of sp³-hybridized carbons (Fsp3) is 0.500. The Balaban J connectivity index is 1.60. The molecule has 1 aromatic carbocycles. The molecule has 2 aromatic rings. The van der Waals surface area contributed by atoms with Crippen LogP contribution in [0.1, 0.15) is 31.4 Å². The van der Waals surface area contributed by atoms with E-state index in [4.69, 9.17) is 5.73 Å². The quantitative estimate of drug-likeness (QED) is 0.943. The van der Waals surface area contributed by atoms with Crippen molar-refractivity contribution < 1.29 is 0 Å². The van der Waals surface area contributed by atoms with Crippen molar-refractivity contribution in [2.75, 3.05) is 13.1 Å². The fourth-order valence-electron chi connectivity index (χ4n) is 3.22. The summed E-state index contributed by atoms with van der Waals surface area (Å²) in [4.78, 5) is 2.49. The van der Waals surface area contributed by atoms with Gasteiger partial charge < -0.3 is 5.73 Å². The van der Waals surface area contributed by atoms with Gasteiger partial charge in [0, 0.05) is 37.4 Å². The second kappa shape index (κ2) is 6.23. The first-order chi connectivity index (χ1) is 10.5. The number of hydrogen-bond donors (Lipinski definition) is 1. The summed E-state index contributed by atoms with van der Waals surface area (Å²) in [5, 5.41) is 4.49. The van der Waals surface area contributed by atoms with Gasteiger partial charge in [-0.25, -0.2) is 0 Å². The molecule has 1 aromatic heterocycles. The maximum atomic E-state index is 6.22. The molecule has 1 unspecified atom stereocenters. The number of benzene rings is 1. The van der Waals surface area contributed by atoms with Gasteiger partial charge in [0.15, 0.2) is 0 Å². The lowest BCUT2D eigenvalue weighted by atomic mass is 9.79. The second-order valence-electron chi connectivity index (χ2n) is 7.13. The highest BCUT2D eigenvalue weighted by Gasteiger charge is 2.33. The summed E-state index contributed by atoms with van der Waals surface area (Å²) in [7, 11) is 0. The molecular weight excluding hydrogens is 272 g/mol. The highest BCUT2D eigenvalue weighted by atomic mass is 15.3. The Hall–Kier alpha value is -1.65. The van der Waals surface area contributed by atoms with E-state index >= 15 is 0 Å². The van der Waals surface area contributed by atoms with E-state index in [0.717, 1.165) is 32.6 Å². The molecule has 2 heterocycles. The van der Waals surface area contributed by atoms with Crippen LogP contribution in [0.15, 0.2) is 42.7 Å². The highest BCUT2D eigenvalue weighted by Crippen LogP contribution is 2.28. The number of nitrogens with zero attached hydrogens (tertiary/aromatic N) is 3. The van der Waals surface area contributed by atoms with Crippen LogP contribution in [0.4, 0.5) is 0 Å². The van der Waals surface area contributed by atoms with Gasteiger partial charge in [0.2, 0.25) is 0 Å². The number of nitrogens with two attached hydrogens (primary N) is 1. The Labute approximate surface area is 132 Å². The average molecular weight is 298 g/mol. The first kappa shape index (κ1) is 15.3. The van der Waals surface area contributed by atoms with Crippen molar-refractivity contribution in [2.45, 2.75) is 39.4 Å². The molecule has 3 rings (SSSR count). The van der Waals surface area contributed by atoms with Crippen LogP contribution < -0.4 is 5.73 Å². The maximum Gasteiger partial charge on any atom is 0.0659 e. The van der Waals surface area contributed by atoms with Crippen LogP contribution in [0.5, 0.6) is 0 Å². The minimum absolute atomic E-state index is 0.193. The molecule has 0 spiro atoms. The Kier molecular flexibility index (Phi) is 4.32. The smallest absolute Gasteiger partial charge is 0.0659 e. The van der Waals surface area contributed by atoms with Crippen LogP contribution in [0.2, 0.25) is 0 Å². The molecule has 1 atom stereocenters. The van der Waals surface area contributed by atoms with E-state index < -0.39 is 0 Å². The van der Waals surface area contributed by atoms with Gasteiger partial charge in [-0.1, -0.05) is 44.2 Å². The molecule has 4 nitrogen and oxygen atoms in total. The molecule has 1 aliphatic rings. The van der Waals surface area contributed by atoms with Crippen molar-refractivity contribution >= 4 is 0 Å². The van der Waals surface area contributed by atoms with Gasteiger partial charge in [-0.15, -0.1) is 0 Å². The normalized spacial score (nSPS) is 21.9. The van der Waals surface area contributed by atoms with E-state index in [1.165, 1.54) is 11.1 Å². The van der Waals surface area contributed by atoms with Crippen LogP contribution in [-0.2, 0) is 13.1 Å². The summed E-state index contributed by atoms with van der Waals surface area (Å²) < 4.78 is 2.02. The number of hydrogen-bond acceptors (Lipinski definition) is 3. The molecule has 118 valence electrons. The van der Waals surface area contributed by atoms with Crippen LogP contribution >= 0.6 is 0 Å². The first-order valence-corrected chi connectivity index (χ1v) is 8.06. The molecule has 1 fully saturated rings. The molecule has 0 radical (unpaired) electrons. The van der Waals surface area contributed by atoms with Crippen LogP contribution in [0.25, 0.3) is 0 Å². The van der Waals surface area contributed by atoms with Crippen LogP contribution in [0, 0.1) is 5.41 Å². The van der Waals surface area contributed by atoms with Gasteiger partial charge in [0.05, 0.1) is 12.7 Å². The third-order valence-electron chi connectivity index (χ3n) is 4.67. The van der Waals surface area contributed by atoms with Crippen LogP contribution in [-0.4, -0.2) is 33.8 Å². The molecule has 2 N–H and O–H groups in total. The van der Waals surface area contributed by atoms with E-state index in [2.05, 4.69) is 54.3 Å². The molecule has 0 bridgehead atoms. The van der Waals surface area contributed by atoms with Crippen molar-refractivity contribution in [1.82, 2.24) is 14.7 Å². The van der Waals surface area contributed by atoms with Crippen LogP contribution in [0.3, 0.4) is 0 Å². The van der Waals surface area contributed by atoms with E-state index in [9.17, 15) is 0 Å². The fourth-order valence-corrected chi connectivity index (χ4v) is 3.22. The van der Waals surface area contributed by atoms with Crippen molar-refractivity contribution in [2.24, 2.45) is 11.1 Å². The molecule has 0 aliphatic carbocycles. The van der Waals surface area contributed by atoms with E-state index in [1.54, 1.807) is 0 Å². The largest absolute Gasteiger partial charge is 0.327 e. The van der Waals surface area contributed by atoms with Crippen molar-refractivity contribution in [3.8, 4) is 0 Å². The molecule has 0 saturated carbocycles. The number of rotatable bonds is 4. The van der Waals surface area contributed by atoms with Gasteiger partial charge in [-0.2, -0.15) is 5.10 Å². The first-order valence-electron chi connectivity index (χ1n) is 8.06. The van der Waals surface area contributed by atoms with Gasteiger partial charge in [0.1, 0.15) is 0 Å². The monoisotopic (exact) mass is 298 g/mol. The number of piperidine rings is 1. The summed E-state index contributed by atoms with van der Waals surface area (Å²) in [6.07, 6.45) is 5.23. The molecular formula is C18H26N4. The molecule has 0 amide bonds. The minimum Gasteiger partial charge on any atom is -0.327 e. The van der Waals surface area contributed by atoms with E-state index in [-0.39, 0.29) is 5.41 Å². The summed E-state index contributed by atoms with van der Waals surface area (Å²) in [6.45, 7) is 8.46. The summed E-state index contributed by atoms with van der Waals surface area (Å²) in [6, 6.07) is 10.8. The molecule has 4 heteroatoms. The van der Waals surface area contributed by atoms with Gasteiger partial charge in [-0.05, 0) is 17.4 Å². The van der Waals surface area contributed by atoms with Gasteiger partial charge in [0.25, 0.3) is 0 Å². The summed E-state index contributed by atoms with van der Waals surface area (Å²) in [5.74, 6) is 0. The predicted octanol–water partition coefficient (Wildman–Crippen LogP) is 2.49. The minimum atomic E-state index is 0.193. The Bertz CT molecular complexity index is 603. The third kappa shape index (κ3) is 3.57. The molecule has 1 saturated heterocycles. The van der Waals surface area contributed by atoms with Gasteiger partial charge in [-0.3, -0.25) is 9.58 Å². The Morgan fingerprint density at radius 1 is 1.18 bits per heavy atom. The lowest BCUT2D eigenvalue weighted by Gasteiger charge is -2.42. The Morgan fingerprint density at radius 2 is 1.95 bits per heavy atom. The lowest BCUT2D eigenvalue weighted by Crippen LogP contribution is -2.51. The number of likely N-dealkylation sites (tertiary alicyclic amines) is 1. The van der Waals surface area contributed by atoms with E-state index in [0.29, 0.717) is 6.04 Å². The lowest BCUT2D eigenvalue weighted by molar-refractivity contribution is 0.0898. The van der Waals surface area contributed by atoms with Crippen molar-refractivity contribution in [3.63, 3.8) is 0 Å². The SMILES string of the molecule is CC1(C)CN(Cc2cnn(Cc3ccccc3)c2)CCC1N. The number of aromatic nitrogens is 2. The maximum absolute atomic E-state index is 6.22. The molecule has 22 heavy (non-hydrogen) atoms. The van der Waals surface area contributed by atoms with Crippen molar-refractivity contribution in [1.29, 1.82) is 0 Å². The highest BCUT2D eigenvalue weighted by molar-refractivity contribution is 5.15. The zero-order valence-electron chi connectivity index (χ0n) is 13.6. The third-order valence-corrected chi connectivity index (χ3v) is 4.67. The summed E-state index contributed by atoms with van der Waals surface area (Å²) >= 11 is 0. The topological polar surface area (TPSA) is 47.1 Å². The predicted molar refractivity (Wildman–Crippen MR) is 89.4 cm³/mol. The molecule has 1 aliphatic heterocycles. The zero-order chi connectivity index (χ0) is 15.6. The zero-order valence-corrected chi connectivity index (χ0v) is 13.6. The van der Waals surface area contributed by atoms with Gasteiger partial charge >= 0.3 is 0 Å². The average Bonchev–Trinajstić information content (AvgIpc) is 2.91. The summed E-state index contributed by atoms with van der Waals surface area (Å²) in [5.41, 5.74) is 8.97.